The van der Waals surface area contributed by atoms with E-state index in [-0.39, 0.29) is 11.6 Å². The maximum atomic E-state index is 13.2. The normalized spacial score (nSPS) is 12.0. The third-order valence-electron chi connectivity index (χ3n) is 4.07. The van der Waals surface area contributed by atoms with Crippen LogP contribution in [0.3, 0.4) is 0 Å². The molecule has 1 unspecified atom stereocenters. The van der Waals surface area contributed by atoms with Crippen LogP contribution in [0.25, 0.3) is 11.1 Å². The number of aromatic nitrogens is 1. The van der Waals surface area contributed by atoms with Crippen molar-refractivity contribution in [2.75, 3.05) is 6.61 Å². The lowest BCUT2D eigenvalue weighted by Crippen LogP contribution is -2.18. The van der Waals surface area contributed by atoms with Gasteiger partial charge in [-0.3, -0.25) is 4.98 Å². The topological polar surface area (TPSA) is 42.4 Å². The molecule has 1 atom stereocenters. The highest BCUT2D eigenvalue weighted by atomic mass is 35.5. The average molecular weight is 372 g/mol. The van der Waals surface area contributed by atoms with E-state index in [2.05, 4.69) is 4.98 Å². The molecule has 0 aliphatic rings. The Morgan fingerprint density at radius 3 is 2.38 bits per heavy atom. The highest BCUT2D eigenvalue weighted by Gasteiger charge is 2.07. The molecular weight excluding hydrogens is 353 g/mol. The van der Waals surface area contributed by atoms with Crippen molar-refractivity contribution < 1.29 is 14.2 Å². The molecule has 0 aliphatic heterocycles. The fourth-order valence-corrected chi connectivity index (χ4v) is 2.76. The van der Waals surface area contributed by atoms with Gasteiger partial charge < -0.3 is 9.84 Å². The molecule has 0 bridgehead atoms. The molecule has 1 aromatic heterocycles. The van der Waals surface area contributed by atoms with Crippen molar-refractivity contribution >= 4 is 11.6 Å². The predicted molar refractivity (Wildman–Crippen MR) is 101 cm³/mol. The van der Waals surface area contributed by atoms with Crippen molar-refractivity contribution in [1.29, 1.82) is 0 Å². The summed E-state index contributed by atoms with van der Waals surface area (Å²) in [5.74, 6) is 0.237. The molecule has 3 rings (SSSR count). The number of halogens is 2. The van der Waals surface area contributed by atoms with Crippen LogP contribution in [-0.2, 0) is 6.42 Å². The largest absolute Gasteiger partial charge is 0.491 e. The van der Waals surface area contributed by atoms with Crippen LogP contribution in [0, 0.1) is 5.82 Å². The zero-order valence-electron chi connectivity index (χ0n) is 14.1. The van der Waals surface area contributed by atoms with Gasteiger partial charge in [0.15, 0.2) is 0 Å². The summed E-state index contributed by atoms with van der Waals surface area (Å²) in [6, 6.07) is 15.9. The molecule has 0 spiro atoms. The van der Waals surface area contributed by atoms with E-state index in [0.717, 1.165) is 23.1 Å². The summed E-state index contributed by atoms with van der Waals surface area (Å²) in [5.41, 5.74) is 2.89. The second-order valence-electron chi connectivity index (χ2n) is 6.01. The molecule has 0 aliphatic carbocycles. The smallest absolute Gasteiger partial charge is 0.141 e. The van der Waals surface area contributed by atoms with Crippen LogP contribution in [0.4, 0.5) is 4.39 Å². The van der Waals surface area contributed by atoms with Crippen molar-refractivity contribution in [2.24, 2.45) is 0 Å². The van der Waals surface area contributed by atoms with E-state index in [9.17, 15) is 9.50 Å². The number of hydrogen-bond donors (Lipinski definition) is 1. The number of aliphatic hydroxyl groups excluding tert-OH is 1. The summed E-state index contributed by atoms with van der Waals surface area (Å²) in [7, 11) is 0. The zero-order valence-corrected chi connectivity index (χ0v) is 14.9. The monoisotopic (exact) mass is 371 g/mol. The van der Waals surface area contributed by atoms with Crippen molar-refractivity contribution in [3.8, 4) is 16.9 Å². The summed E-state index contributed by atoms with van der Waals surface area (Å²) in [4.78, 5) is 3.97. The third-order valence-corrected chi connectivity index (χ3v) is 4.35. The van der Waals surface area contributed by atoms with E-state index in [1.54, 1.807) is 24.5 Å². The number of hydrogen-bond acceptors (Lipinski definition) is 3. The van der Waals surface area contributed by atoms with Gasteiger partial charge >= 0.3 is 0 Å². The van der Waals surface area contributed by atoms with Crippen molar-refractivity contribution in [3.05, 3.63) is 83.4 Å². The van der Waals surface area contributed by atoms with Gasteiger partial charge in [0.1, 0.15) is 18.2 Å². The summed E-state index contributed by atoms with van der Waals surface area (Å²) in [6.45, 7) is 0.229. The van der Waals surface area contributed by atoms with Gasteiger partial charge in [0.05, 0.1) is 11.1 Å². The molecule has 0 fully saturated rings. The standard InChI is InChI=1S/C21H19ClFNO2/c22-20-13-17(4-8-21(20)23)16-2-6-19(7-3-16)26-14-18(25)5-1-15-9-11-24-12-10-15/h2-4,6-13,18,25H,1,5,14H2. The molecule has 1 heterocycles. The third kappa shape index (κ3) is 5.04. The minimum absolute atomic E-state index is 0.0974. The van der Waals surface area contributed by atoms with Crippen molar-refractivity contribution in [2.45, 2.75) is 18.9 Å². The Kier molecular flexibility index (Phi) is 6.21. The van der Waals surface area contributed by atoms with E-state index in [0.29, 0.717) is 12.2 Å². The molecule has 134 valence electrons. The number of pyridine rings is 1. The molecule has 2 aromatic carbocycles. The van der Waals surface area contributed by atoms with Crippen LogP contribution in [0.5, 0.6) is 5.75 Å². The van der Waals surface area contributed by atoms with E-state index in [4.69, 9.17) is 16.3 Å². The molecule has 0 saturated carbocycles. The zero-order chi connectivity index (χ0) is 18.4. The lowest BCUT2D eigenvalue weighted by atomic mass is 10.1. The van der Waals surface area contributed by atoms with Crippen LogP contribution < -0.4 is 4.74 Å². The minimum atomic E-state index is -0.543. The van der Waals surface area contributed by atoms with E-state index >= 15 is 0 Å². The van der Waals surface area contributed by atoms with Gasteiger partial charge in [-0.15, -0.1) is 0 Å². The first-order valence-electron chi connectivity index (χ1n) is 8.37. The number of ether oxygens (including phenoxy) is 1. The molecule has 3 aromatic rings. The summed E-state index contributed by atoms with van der Waals surface area (Å²) >= 11 is 5.82. The number of nitrogens with zero attached hydrogens (tertiary/aromatic N) is 1. The lowest BCUT2D eigenvalue weighted by Gasteiger charge is -2.13. The molecule has 1 N–H and O–H groups in total. The Balaban J connectivity index is 1.51. The summed E-state index contributed by atoms with van der Waals surface area (Å²) < 4.78 is 18.9. The minimum Gasteiger partial charge on any atom is -0.491 e. The van der Waals surface area contributed by atoms with Crippen molar-refractivity contribution in [3.63, 3.8) is 0 Å². The molecule has 3 nitrogen and oxygen atoms in total. The number of aliphatic hydroxyl groups is 1. The second kappa shape index (κ2) is 8.79. The highest BCUT2D eigenvalue weighted by Crippen LogP contribution is 2.26. The van der Waals surface area contributed by atoms with Crippen LogP contribution in [0.15, 0.2) is 67.0 Å². The van der Waals surface area contributed by atoms with Gasteiger partial charge in [0.2, 0.25) is 0 Å². The Morgan fingerprint density at radius 2 is 1.69 bits per heavy atom. The molecule has 0 saturated heterocycles. The molecule has 0 radical (unpaired) electrons. The lowest BCUT2D eigenvalue weighted by molar-refractivity contribution is 0.100. The Bertz CT molecular complexity index is 840. The Morgan fingerprint density at radius 1 is 1.00 bits per heavy atom. The van der Waals surface area contributed by atoms with Crippen LogP contribution in [0.2, 0.25) is 5.02 Å². The van der Waals surface area contributed by atoms with Gasteiger partial charge in [0.25, 0.3) is 0 Å². The maximum Gasteiger partial charge on any atom is 0.141 e. The second-order valence-corrected chi connectivity index (χ2v) is 6.42. The summed E-state index contributed by atoms with van der Waals surface area (Å²) in [5, 5.41) is 10.2. The molecule has 5 heteroatoms. The first-order chi connectivity index (χ1) is 12.6. The van der Waals surface area contributed by atoms with Gasteiger partial charge in [-0.2, -0.15) is 0 Å². The number of aryl methyl sites for hydroxylation is 1. The van der Waals surface area contributed by atoms with Gasteiger partial charge in [-0.05, 0) is 65.9 Å². The fourth-order valence-electron chi connectivity index (χ4n) is 2.58. The molecular formula is C21H19ClFNO2. The number of benzene rings is 2. The van der Waals surface area contributed by atoms with Gasteiger partial charge in [0, 0.05) is 12.4 Å². The first kappa shape index (κ1) is 18.4. The Hall–Kier alpha value is -2.43. The highest BCUT2D eigenvalue weighted by molar-refractivity contribution is 6.31. The maximum absolute atomic E-state index is 13.2. The van der Waals surface area contributed by atoms with Crippen LogP contribution in [-0.4, -0.2) is 22.8 Å². The fraction of sp³-hybridized carbons (Fsp3) is 0.190. The molecule has 0 amide bonds. The summed E-state index contributed by atoms with van der Waals surface area (Å²) in [6.07, 6.45) is 4.34. The average Bonchev–Trinajstić information content (AvgIpc) is 2.68. The van der Waals surface area contributed by atoms with E-state index < -0.39 is 11.9 Å². The Labute approximate surface area is 157 Å². The predicted octanol–water partition coefficient (Wildman–Crippen LogP) is 4.91. The van der Waals surface area contributed by atoms with Gasteiger partial charge in [-0.25, -0.2) is 4.39 Å². The SMILES string of the molecule is OC(CCc1ccncc1)COc1ccc(-c2ccc(F)c(Cl)c2)cc1. The number of rotatable bonds is 7. The van der Waals surface area contributed by atoms with E-state index in [1.165, 1.54) is 6.07 Å². The van der Waals surface area contributed by atoms with Crippen molar-refractivity contribution in [1.82, 2.24) is 4.98 Å². The quantitative estimate of drug-likeness (QED) is 0.641. The van der Waals surface area contributed by atoms with E-state index in [1.807, 2.05) is 36.4 Å². The first-order valence-corrected chi connectivity index (χ1v) is 8.75. The molecule has 26 heavy (non-hydrogen) atoms. The van der Waals surface area contributed by atoms with Crippen LogP contribution >= 0.6 is 11.6 Å². The van der Waals surface area contributed by atoms with Crippen LogP contribution in [0.1, 0.15) is 12.0 Å². The van der Waals surface area contributed by atoms with Gasteiger partial charge in [-0.1, -0.05) is 29.8 Å².